The van der Waals surface area contributed by atoms with Gasteiger partial charge < -0.3 is 10.3 Å². The summed E-state index contributed by atoms with van der Waals surface area (Å²) < 4.78 is 0. The topological polar surface area (TPSA) is 44.9 Å². The van der Waals surface area contributed by atoms with Crippen LogP contribution in [0.25, 0.3) is 32.4 Å². The number of hydrogen-bond donors (Lipinski definition) is 2. The molecule has 0 aliphatic carbocycles. The number of benzene rings is 4. The Kier molecular flexibility index (Phi) is 3.87. The van der Waals surface area contributed by atoms with Gasteiger partial charge in [0.05, 0.1) is 6.04 Å². The van der Waals surface area contributed by atoms with Gasteiger partial charge in [0.2, 0.25) is 0 Å². The number of hydrogen-bond acceptors (Lipinski definition) is 1. The predicted octanol–water partition coefficient (Wildman–Crippen LogP) is 5.97. The van der Waals surface area contributed by atoms with E-state index in [0.29, 0.717) is 5.69 Å². The summed E-state index contributed by atoms with van der Waals surface area (Å²) in [6.45, 7) is 2.04. The van der Waals surface area contributed by atoms with Crippen molar-refractivity contribution >= 4 is 38.4 Å². The number of carbonyl (C=O) groups excluding carboxylic acids is 1. The Hall–Kier alpha value is -3.59. The van der Waals surface area contributed by atoms with Gasteiger partial charge in [-0.15, -0.1) is 0 Å². The summed E-state index contributed by atoms with van der Waals surface area (Å²) in [7, 11) is 0. The average Bonchev–Trinajstić information content (AvgIpc) is 3.17. The van der Waals surface area contributed by atoms with Gasteiger partial charge in [0.1, 0.15) is 5.69 Å². The second-order valence-corrected chi connectivity index (χ2v) is 7.20. The molecule has 1 heterocycles. The van der Waals surface area contributed by atoms with Crippen LogP contribution in [0.15, 0.2) is 84.9 Å². The first-order valence-corrected chi connectivity index (χ1v) is 9.50. The van der Waals surface area contributed by atoms with Gasteiger partial charge in [-0.25, -0.2) is 0 Å². The van der Waals surface area contributed by atoms with Crippen LogP contribution >= 0.6 is 0 Å². The van der Waals surface area contributed by atoms with Crippen LogP contribution in [0.3, 0.4) is 0 Å². The van der Waals surface area contributed by atoms with Crippen LogP contribution in [0.2, 0.25) is 0 Å². The molecule has 5 rings (SSSR count). The average molecular weight is 364 g/mol. The van der Waals surface area contributed by atoms with Crippen molar-refractivity contribution < 1.29 is 4.79 Å². The van der Waals surface area contributed by atoms with Crippen LogP contribution in [0.4, 0.5) is 0 Å². The Labute approximate surface area is 163 Å². The van der Waals surface area contributed by atoms with Gasteiger partial charge >= 0.3 is 0 Å². The first-order valence-electron chi connectivity index (χ1n) is 9.50. The lowest BCUT2D eigenvalue weighted by Crippen LogP contribution is -2.27. The summed E-state index contributed by atoms with van der Waals surface area (Å²) in [5.74, 6) is -0.0964. The van der Waals surface area contributed by atoms with Crippen molar-refractivity contribution in [3.05, 3.63) is 96.2 Å². The van der Waals surface area contributed by atoms with E-state index in [1.807, 2.05) is 43.3 Å². The first kappa shape index (κ1) is 16.6. The van der Waals surface area contributed by atoms with Gasteiger partial charge in [-0.05, 0) is 52.2 Å². The lowest BCUT2D eigenvalue weighted by Gasteiger charge is -2.18. The van der Waals surface area contributed by atoms with Crippen molar-refractivity contribution in [3.63, 3.8) is 0 Å². The SMILES string of the molecule is CC(NC(=O)c1cc2ccccc2[nH]1)c1cc2ccccc2c2ccccc12. The van der Waals surface area contributed by atoms with Gasteiger partial charge in [0.25, 0.3) is 5.91 Å². The monoisotopic (exact) mass is 364 g/mol. The molecule has 2 N–H and O–H groups in total. The van der Waals surface area contributed by atoms with Crippen molar-refractivity contribution in [2.75, 3.05) is 0 Å². The fourth-order valence-electron chi connectivity index (χ4n) is 3.99. The third-order valence-electron chi connectivity index (χ3n) is 5.39. The molecule has 136 valence electrons. The Morgan fingerprint density at radius 2 is 1.43 bits per heavy atom. The zero-order valence-corrected chi connectivity index (χ0v) is 15.6. The maximum atomic E-state index is 12.9. The predicted molar refractivity (Wildman–Crippen MR) is 116 cm³/mol. The normalized spacial score (nSPS) is 12.5. The molecule has 1 amide bonds. The van der Waals surface area contributed by atoms with Crippen molar-refractivity contribution in [1.29, 1.82) is 0 Å². The van der Waals surface area contributed by atoms with Crippen molar-refractivity contribution in [1.82, 2.24) is 10.3 Å². The molecule has 3 heteroatoms. The van der Waals surface area contributed by atoms with Crippen LogP contribution in [0.1, 0.15) is 29.0 Å². The number of para-hydroxylation sites is 1. The second-order valence-electron chi connectivity index (χ2n) is 7.20. The van der Waals surface area contributed by atoms with E-state index in [2.05, 4.69) is 58.8 Å². The van der Waals surface area contributed by atoms with Gasteiger partial charge in [0, 0.05) is 10.9 Å². The Bertz CT molecular complexity index is 1300. The summed E-state index contributed by atoms with van der Waals surface area (Å²) in [5.41, 5.74) is 2.67. The molecule has 28 heavy (non-hydrogen) atoms. The number of nitrogens with one attached hydrogen (secondary N) is 2. The lowest BCUT2D eigenvalue weighted by atomic mass is 9.94. The van der Waals surface area contributed by atoms with E-state index >= 15 is 0 Å². The zero-order valence-electron chi connectivity index (χ0n) is 15.6. The van der Waals surface area contributed by atoms with Crippen LogP contribution < -0.4 is 5.32 Å². The molecule has 0 bridgehead atoms. The highest BCUT2D eigenvalue weighted by atomic mass is 16.1. The Morgan fingerprint density at radius 1 is 0.786 bits per heavy atom. The van der Waals surface area contributed by atoms with Crippen LogP contribution in [-0.4, -0.2) is 10.9 Å². The largest absolute Gasteiger partial charge is 0.351 e. The molecular weight excluding hydrogens is 344 g/mol. The third-order valence-corrected chi connectivity index (χ3v) is 5.39. The molecule has 0 radical (unpaired) electrons. The minimum atomic E-state index is -0.117. The molecule has 0 aliphatic rings. The van der Waals surface area contributed by atoms with Crippen molar-refractivity contribution in [2.45, 2.75) is 13.0 Å². The lowest BCUT2D eigenvalue weighted by molar-refractivity contribution is 0.0936. The van der Waals surface area contributed by atoms with Crippen LogP contribution in [-0.2, 0) is 0 Å². The highest BCUT2D eigenvalue weighted by Crippen LogP contribution is 2.32. The summed E-state index contributed by atoms with van der Waals surface area (Å²) in [5, 5.41) is 9.00. The summed E-state index contributed by atoms with van der Waals surface area (Å²) in [6.07, 6.45) is 0. The summed E-state index contributed by atoms with van der Waals surface area (Å²) >= 11 is 0. The molecule has 5 aromatic rings. The zero-order chi connectivity index (χ0) is 19.1. The van der Waals surface area contributed by atoms with Crippen LogP contribution in [0, 0.1) is 0 Å². The van der Waals surface area contributed by atoms with Crippen LogP contribution in [0.5, 0.6) is 0 Å². The molecule has 4 aromatic carbocycles. The van der Waals surface area contributed by atoms with E-state index in [-0.39, 0.29) is 11.9 Å². The first-order chi connectivity index (χ1) is 13.7. The molecule has 0 saturated carbocycles. The van der Waals surface area contributed by atoms with Gasteiger partial charge in [-0.3, -0.25) is 4.79 Å². The molecule has 0 saturated heterocycles. The van der Waals surface area contributed by atoms with E-state index < -0.39 is 0 Å². The van der Waals surface area contributed by atoms with Gasteiger partial charge in [0.15, 0.2) is 0 Å². The molecule has 0 aliphatic heterocycles. The number of fused-ring (bicyclic) bond motifs is 4. The van der Waals surface area contributed by atoms with Gasteiger partial charge in [-0.2, -0.15) is 0 Å². The summed E-state index contributed by atoms with van der Waals surface area (Å²) in [6, 6.07) is 28.7. The number of aromatic nitrogens is 1. The van der Waals surface area contributed by atoms with Crippen molar-refractivity contribution in [3.8, 4) is 0 Å². The Morgan fingerprint density at radius 3 is 2.21 bits per heavy atom. The summed E-state index contributed by atoms with van der Waals surface area (Å²) in [4.78, 5) is 16.1. The molecule has 3 nitrogen and oxygen atoms in total. The third kappa shape index (κ3) is 2.72. The molecule has 0 fully saturated rings. The maximum absolute atomic E-state index is 12.9. The quantitative estimate of drug-likeness (QED) is 0.381. The number of aromatic amines is 1. The van der Waals surface area contributed by atoms with E-state index in [1.54, 1.807) is 0 Å². The smallest absolute Gasteiger partial charge is 0.268 e. The molecule has 1 unspecified atom stereocenters. The fraction of sp³-hybridized carbons (Fsp3) is 0.0800. The highest BCUT2D eigenvalue weighted by molar-refractivity contribution is 6.09. The Balaban J connectivity index is 1.54. The fourth-order valence-corrected chi connectivity index (χ4v) is 3.99. The number of rotatable bonds is 3. The van der Waals surface area contributed by atoms with E-state index in [9.17, 15) is 4.79 Å². The molecule has 0 spiro atoms. The van der Waals surface area contributed by atoms with E-state index in [4.69, 9.17) is 0 Å². The highest BCUT2D eigenvalue weighted by Gasteiger charge is 2.16. The second kappa shape index (κ2) is 6.54. The molecular formula is C25H20N2O. The number of H-pyrrole nitrogens is 1. The molecule has 1 aromatic heterocycles. The number of carbonyl (C=O) groups is 1. The minimum absolute atomic E-state index is 0.0964. The maximum Gasteiger partial charge on any atom is 0.268 e. The van der Waals surface area contributed by atoms with Crippen molar-refractivity contribution in [2.24, 2.45) is 0 Å². The standard InChI is InChI=1S/C25H20N2O/c1-16(26-25(28)24-15-18-9-3-7-13-23(18)27-24)22-14-17-8-2-4-10-19(17)20-11-5-6-12-21(20)22/h2-16,27H,1H3,(H,26,28). The molecule has 1 atom stereocenters. The van der Waals surface area contributed by atoms with Gasteiger partial charge in [-0.1, -0.05) is 66.7 Å². The van der Waals surface area contributed by atoms with E-state index in [1.165, 1.54) is 21.5 Å². The number of amides is 1. The van der Waals surface area contributed by atoms with E-state index in [0.717, 1.165) is 16.5 Å². The minimum Gasteiger partial charge on any atom is -0.351 e.